The number of furan rings is 1. The Bertz CT molecular complexity index is 587. The van der Waals surface area contributed by atoms with Crippen molar-refractivity contribution in [3.63, 3.8) is 0 Å². The van der Waals surface area contributed by atoms with Gasteiger partial charge in [-0.15, -0.1) is 0 Å². The van der Waals surface area contributed by atoms with Crippen LogP contribution in [0.3, 0.4) is 0 Å². The van der Waals surface area contributed by atoms with E-state index in [1.807, 2.05) is 45.9 Å². The first-order chi connectivity index (χ1) is 8.29. The number of fused-ring (bicyclic) bond motifs is 1. The second-order valence-corrected chi connectivity index (χ2v) is 5.78. The number of aliphatic hydroxyl groups excluding tert-OH is 1. The fraction of sp³-hybridized carbons (Fsp3) is 0.400. The first-order valence-electron chi connectivity index (χ1n) is 6.01. The number of carbonyl (C=O) groups is 1. The third-order valence-electron chi connectivity index (χ3n) is 2.98. The quantitative estimate of drug-likeness (QED) is 0.827. The number of aryl methyl sites for hydroxylation is 1. The van der Waals surface area contributed by atoms with Crippen LogP contribution in [0.25, 0.3) is 11.0 Å². The number of Topliss-reactive ketones (excluding diaryl/α,β-unsaturated/α-hetero) is 1. The van der Waals surface area contributed by atoms with Gasteiger partial charge in [-0.05, 0) is 30.5 Å². The number of aliphatic hydroxyl groups is 1. The summed E-state index contributed by atoms with van der Waals surface area (Å²) in [7, 11) is 0. The number of ketones is 1. The van der Waals surface area contributed by atoms with E-state index in [0.29, 0.717) is 5.58 Å². The molecule has 2 aromatic rings. The number of rotatable bonds is 2. The summed E-state index contributed by atoms with van der Waals surface area (Å²) >= 11 is 0. The maximum atomic E-state index is 12.1. The Morgan fingerprint density at radius 3 is 2.56 bits per heavy atom. The first kappa shape index (κ1) is 12.8. The van der Waals surface area contributed by atoms with Gasteiger partial charge in [0.1, 0.15) is 11.7 Å². The molecule has 1 aromatic carbocycles. The van der Waals surface area contributed by atoms with E-state index in [9.17, 15) is 9.90 Å². The highest BCUT2D eigenvalue weighted by Crippen LogP contribution is 2.26. The Morgan fingerprint density at radius 2 is 1.94 bits per heavy atom. The van der Waals surface area contributed by atoms with Crippen molar-refractivity contribution in [2.45, 2.75) is 33.8 Å². The van der Waals surface area contributed by atoms with Crippen molar-refractivity contribution in [3.8, 4) is 0 Å². The van der Waals surface area contributed by atoms with Crippen molar-refractivity contribution in [1.29, 1.82) is 0 Å². The van der Waals surface area contributed by atoms with Crippen LogP contribution in [0, 0.1) is 12.3 Å². The predicted molar refractivity (Wildman–Crippen MR) is 70.7 cm³/mol. The molecule has 3 nitrogen and oxygen atoms in total. The molecule has 1 N–H and O–H groups in total. The number of hydrogen-bond acceptors (Lipinski definition) is 3. The van der Waals surface area contributed by atoms with E-state index >= 15 is 0 Å². The Morgan fingerprint density at radius 1 is 1.28 bits per heavy atom. The number of benzene rings is 1. The molecule has 0 aliphatic heterocycles. The third kappa shape index (κ3) is 2.31. The fourth-order valence-corrected chi connectivity index (χ4v) is 1.81. The van der Waals surface area contributed by atoms with Gasteiger partial charge in [0.25, 0.3) is 0 Å². The van der Waals surface area contributed by atoms with E-state index in [2.05, 4.69) is 0 Å². The molecule has 0 bridgehead atoms. The Kier molecular flexibility index (Phi) is 3.03. The summed E-state index contributed by atoms with van der Waals surface area (Å²) in [5.41, 5.74) is 1.29. The van der Waals surface area contributed by atoms with Gasteiger partial charge in [0.2, 0.25) is 5.78 Å². The Balaban J connectivity index is 2.40. The van der Waals surface area contributed by atoms with Crippen LogP contribution in [0.4, 0.5) is 0 Å². The maximum Gasteiger partial charge on any atom is 0.226 e. The van der Waals surface area contributed by atoms with Crippen LogP contribution in [0.5, 0.6) is 0 Å². The van der Waals surface area contributed by atoms with Gasteiger partial charge in [-0.3, -0.25) is 4.79 Å². The highest BCUT2D eigenvalue weighted by molar-refractivity contribution is 6.00. The predicted octanol–water partition coefficient (Wildman–Crippen LogP) is 3.33. The van der Waals surface area contributed by atoms with Crippen LogP contribution < -0.4 is 0 Å². The molecular formula is C15H18O3. The summed E-state index contributed by atoms with van der Waals surface area (Å²) in [4.78, 5) is 12.1. The van der Waals surface area contributed by atoms with E-state index in [0.717, 1.165) is 10.9 Å². The molecule has 1 unspecified atom stereocenters. The van der Waals surface area contributed by atoms with Crippen molar-refractivity contribution >= 4 is 16.8 Å². The Hall–Kier alpha value is -1.61. The average molecular weight is 246 g/mol. The van der Waals surface area contributed by atoms with Crippen molar-refractivity contribution in [3.05, 3.63) is 35.6 Å². The lowest BCUT2D eigenvalue weighted by atomic mass is 9.86. The zero-order chi connectivity index (χ0) is 13.5. The van der Waals surface area contributed by atoms with Crippen LogP contribution in [0.15, 0.2) is 28.7 Å². The summed E-state index contributed by atoms with van der Waals surface area (Å²) < 4.78 is 5.49. The molecule has 96 valence electrons. The van der Waals surface area contributed by atoms with Gasteiger partial charge in [0.05, 0.1) is 0 Å². The summed E-state index contributed by atoms with van der Waals surface area (Å²) in [6.45, 7) is 7.45. The molecule has 1 atom stereocenters. The normalized spacial score (nSPS) is 13.8. The molecule has 0 spiro atoms. The molecule has 0 aliphatic carbocycles. The molecule has 2 rings (SSSR count). The molecule has 0 saturated carbocycles. The van der Waals surface area contributed by atoms with Crippen LogP contribution >= 0.6 is 0 Å². The number of carbonyl (C=O) groups excluding carboxylic acids is 1. The van der Waals surface area contributed by atoms with Gasteiger partial charge < -0.3 is 9.52 Å². The molecule has 1 heterocycles. The molecule has 0 amide bonds. The van der Waals surface area contributed by atoms with Crippen molar-refractivity contribution in [2.75, 3.05) is 0 Å². The second kappa shape index (κ2) is 4.25. The van der Waals surface area contributed by atoms with Crippen LogP contribution in [-0.2, 0) is 0 Å². The zero-order valence-electron chi connectivity index (χ0n) is 11.2. The van der Waals surface area contributed by atoms with Gasteiger partial charge in [-0.2, -0.15) is 0 Å². The molecule has 0 aliphatic rings. The van der Waals surface area contributed by atoms with Crippen LogP contribution in [0.2, 0.25) is 0 Å². The topological polar surface area (TPSA) is 50.4 Å². The van der Waals surface area contributed by atoms with Crippen molar-refractivity contribution in [2.24, 2.45) is 5.41 Å². The van der Waals surface area contributed by atoms with E-state index in [-0.39, 0.29) is 11.5 Å². The van der Waals surface area contributed by atoms with Gasteiger partial charge >= 0.3 is 0 Å². The highest BCUT2D eigenvalue weighted by Gasteiger charge is 2.31. The second-order valence-electron chi connectivity index (χ2n) is 5.78. The fourth-order valence-electron chi connectivity index (χ4n) is 1.81. The lowest BCUT2D eigenvalue weighted by molar-refractivity contribution is 0.0418. The minimum atomic E-state index is -1.06. The van der Waals surface area contributed by atoms with Gasteiger partial charge in [0.15, 0.2) is 5.76 Å². The molecule has 3 heteroatoms. The molecule has 0 radical (unpaired) electrons. The van der Waals surface area contributed by atoms with Gasteiger partial charge in [-0.25, -0.2) is 0 Å². The summed E-state index contributed by atoms with van der Waals surface area (Å²) in [5.74, 6) is -0.144. The van der Waals surface area contributed by atoms with Crippen molar-refractivity contribution in [1.82, 2.24) is 0 Å². The van der Waals surface area contributed by atoms with E-state index in [4.69, 9.17) is 4.42 Å². The van der Waals surface area contributed by atoms with E-state index in [1.165, 1.54) is 0 Å². The van der Waals surface area contributed by atoms with E-state index < -0.39 is 11.5 Å². The van der Waals surface area contributed by atoms with Crippen LogP contribution in [-0.4, -0.2) is 17.0 Å². The maximum absolute atomic E-state index is 12.1. The van der Waals surface area contributed by atoms with Crippen molar-refractivity contribution < 1.29 is 14.3 Å². The average Bonchev–Trinajstić information content (AvgIpc) is 2.68. The molecule has 0 saturated heterocycles. The summed E-state index contributed by atoms with van der Waals surface area (Å²) in [5, 5.41) is 10.9. The molecular weight excluding hydrogens is 228 g/mol. The third-order valence-corrected chi connectivity index (χ3v) is 2.98. The lowest BCUT2D eigenvalue weighted by Gasteiger charge is -2.23. The zero-order valence-corrected chi connectivity index (χ0v) is 11.2. The van der Waals surface area contributed by atoms with Gasteiger partial charge in [-0.1, -0.05) is 32.4 Å². The molecule has 1 aromatic heterocycles. The minimum Gasteiger partial charge on any atom is -0.453 e. The number of hydrogen-bond donors (Lipinski definition) is 1. The molecule has 18 heavy (non-hydrogen) atoms. The monoisotopic (exact) mass is 246 g/mol. The standard InChI is InChI=1S/C15H18O3/c1-9-5-6-11-10(7-9)8-12(18-11)13(16)14(17)15(2,3)4/h5-8,14,17H,1-4H3. The summed E-state index contributed by atoms with van der Waals surface area (Å²) in [6.07, 6.45) is -1.06. The minimum absolute atomic E-state index is 0.220. The first-order valence-corrected chi connectivity index (χ1v) is 6.01. The Labute approximate surface area is 106 Å². The lowest BCUT2D eigenvalue weighted by Crippen LogP contribution is -2.33. The van der Waals surface area contributed by atoms with Crippen LogP contribution in [0.1, 0.15) is 36.9 Å². The SMILES string of the molecule is Cc1ccc2oc(C(=O)C(O)C(C)(C)C)cc2c1. The smallest absolute Gasteiger partial charge is 0.226 e. The van der Waals surface area contributed by atoms with Gasteiger partial charge in [0, 0.05) is 5.39 Å². The van der Waals surface area contributed by atoms with E-state index in [1.54, 1.807) is 6.07 Å². The highest BCUT2D eigenvalue weighted by atomic mass is 16.4. The molecule has 0 fully saturated rings. The largest absolute Gasteiger partial charge is 0.453 e. The summed E-state index contributed by atoms with van der Waals surface area (Å²) in [6, 6.07) is 7.42.